The predicted octanol–water partition coefficient (Wildman–Crippen LogP) is 7.50. The van der Waals surface area contributed by atoms with Gasteiger partial charge in [0.2, 0.25) is 0 Å². The van der Waals surface area contributed by atoms with Crippen LogP contribution >= 0.6 is 38.6 Å². The van der Waals surface area contributed by atoms with Crippen LogP contribution in [0.15, 0.2) is 65.1 Å². The second-order valence-electron chi connectivity index (χ2n) is 8.50. The number of ether oxygens (including phenoxy) is 1. The second kappa shape index (κ2) is 10.6. The average Bonchev–Trinajstić information content (AvgIpc) is 3.47. The fraction of sp³-hybridized carbons (Fsp3) is 0.107. The number of para-hydroxylation sites is 2. The molecule has 3 aromatic heterocycles. The molecule has 192 valence electrons. The molecular formula is C28H23BrN4O3S2. The monoisotopic (exact) mass is 606 g/mol. The summed E-state index contributed by atoms with van der Waals surface area (Å²) >= 11 is 6.16. The summed E-state index contributed by atoms with van der Waals surface area (Å²) < 4.78 is 6.32. The molecule has 0 unspecified atom stereocenters. The molecule has 3 heterocycles. The zero-order valence-corrected chi connectivity index (χ0v) is 23.9. The summed E-state index contributed by atoms with van der Waals surface area (Å²) in [7, 11) is 1.55. The van der Waals surface area contributed by atoms with Gasteiger partial charge in [0.15, 0.2) is 0 Å². The van der Waals surface area contributed by atoms with Crippen LogP contribution in [-0.2, 0) is 0 Å². The normalized spacial score (nSPS) is 10.9. The van der Waals surface area contributed by atoms with Crippen LogP contribution in [0.2, 0.25) is 0 Å². The predicted molar refractivity (Wildman–Crippen MR) is 160 cm³/mol. The van der Waals surface area contributed by atoms with Crippen LogP contribution in [-0.4, -0.2) is 23.9 Å². The van der Waals surface area contributed by atoms with E-state index in [4.69, 9.17) is 15.5 Å². The van der Waals surface area contributed by atoms with Gasteiger partial charge in [0.05, 0.1) is 29.7 Å². The molecule has 0 aliphatic rings. The molecule has 2 aromatic carbocycles. The summed E-state index contributed by atoms with van der Waals surface area (Å²) in [6.45, 7) is 3.79. The zero-order valence-electron chi connectivity index (χ0n) is 20.7. The first-order chi connectivity index (χ1) is 18.3. The number of carbonyl (C=O) groups excluding carboxylic acids is 2. The average molecular weight is 608 g/mol. The lowest BCUT2D eigenvalue weighted by atomic mass is 9.99. The van der Waals surface area contributed by atoms with Crippen LogP contribution in [0, 0.1) is 13.8 Å². The highest BCUT2D eigenvalue weighted by atomic mass is 79.9. The molecule has 4 N–H and O–H groups in total. The van der Waals surface area contributed by atoms with Crippen molar-refractivity contribution in [1.82, 2.24) is 4.98 Å². The molecule has 0 aliphatic heterocycles. The Bertz CT molecular complexity index is 1690. The van der Waals surface area contributed by atoms with Gasteiger partial charge in [0.1, 0.15) is 15.5 Å². The third kappa shape index (κ3) is 4.90. The minimum atomic E-state index is -0.339. The molecule has 10 heteroatoms. The van der Waals surface area contributed by atoms with Gasteiger partial charge >= 0.3 is 0 Å². The third-order valence-corrected chi connectivity index (χ3v) is 8.58. The number of nitrogens with two attached hydrogens (primary N) is 1. The second-order valence-corrected chi connectivity index (χ2v) is 11.7. The van der Waals surface area contributed by atoms with Gasteiger partial charge in [-0.2, -0.15) is 0 Å². The number of hydrogen-bond donors (Lipinski definition) is 3. The fourth-order valence-electron chi connectivity index (χ4n) is 4.18. The minimum Gasteiger partial charge on any atom is -0.495 e. The summed E-state index contributed by atoms with van der Waals surface area (Å²) in [6, 6.07) is 18.5. The third-order valence-electron chi connectivity index (χ3n) is 5.93. The van der Waals surface area contributed by atoms with Crippen molar-refractivity contribution in [2.24, 2.45) is 0 Å². The Kier molecular flexibility index (Phi) is 7.20. The molecular weight excluding hydrogens is 584 g/mol. The van der Waals surface area contributed by atoms with Crippen molar-refractivity contribution in [3.05, 3.63) is 86.1 Å². The number of halogens is 1. The van der Waals surface area contributed by atoms with Crippen molar-refractivity contribution < 1.29 is 14.3 Å². The molecule has 0 spiro atoms. The lowest BCUT2D eigenvalue weighted by Gasteiger charge is -2.15. The van der Waals surface area contributed by atoms with E-state index < -0.39 is 0 Å². The molecule has 5 rings (SSSR count). The van der Waals surface area contributed by atoms with E-state index in [1.54, 1.807) is 49.6 Å². The number of carbonyl (C=O) groups is 2. The Balaban J connectivity index is 1.65. The Morgan fingerprint density at radius 2 is 1.68 bits per heavy atom. The van der Waals surface area contributed by atoms with E-state index in [1.165, 1.54) is 11.3 Å². The van der Waals surface area contributed by atoms with Gasteiger partial charge < -0.3 is 21.1 Å². The molecule has 0 radical (unpaired) electrons. The first-order valence-electron chi connectivity index (χ1n) is 11.6. The Morgan fingerprint density at radius 3 is 2.37 bits per heavy atom. The minimum absolute atomic E-state index is 0.291. The summed E-state index contributed by atoms with van der Waals surface area (Å²) in [5.74, 6) is -0.129. The number of hydrogen-bond acceptors (Lipinski definition) is 7. The Morgan fingerprint density at radius 1 is 0.947 bits per heavy atom. The standard InChI is InChI=1S/C28H23BrN4O3S2/c1-14-8-13-20(37-14)22-21(26(34)33-18-6-4-5-7-19(18)36-3)15(2)31-28-23(22)24(30)25(38-28)27(35)32-17-11-9-16(29)10-12-17/h4-13H,30H2,1-3H3,(H,32,35)(H,33,34). The number of rotatable bonds is 6. The van der Waals surface area contributed by atoms with Crippen LogP contribution in [0.1, 0.15) is 30.6 Å². The van der Waals surface area contributed by atoms with Crippen molar-refractivity contribution in [3.63, 3.8) is 0 Å². The maximum absolute atomic E-state index is 13.7. The topological polar surface area (TPSA) is 106 Å². The summed E-state index contributed by atoms with van der Waals surface area (Å²) in [5, 5.41) is 6.46. The first kappa shape index (κ1) is 25.9. The van der Waals surface area contributed by atoms with Gasteiger partial charge in [-0.25, -0.2) is 4.98 Å². The Labute approximate surface area is 235 Å². The van der Waals surface area contributed by atoms with Gasteiger partial charge in [0, 0.05) is 30.9 Å². The van der Waals surface area contributed by atoms with E-state index in [-0.39, 0.29) is 11.8 Å². The van der Waals surface area contributed by atoms with E-state index in [2.05, 4.69) is 26.6 Å². The molecule has 7 nitrogen and oxygen atoms in total. The molecule has 0 saturated heterocycles. The summed E-state index contributed by atoms with van der Waals surface area (Å²) in [5.41, 5.74) is 9.71. The molecule has 0 saturated carbocycles. The SMILES string of the molecule is COc1ccccc1NC(=O)c1c(C)nc2sc(C(=O)Nc3ccc(Br)cc3)c(N)c2c1-c1ccc(C)s1. The Hall–Kier alpha value is -3.73. The molecule has 0 atom stereocenters. The van der Waals surface area contributed by atoms with Crippen LogP contribution in [0.4, 0.5) is 17.1 Å². The zero-order chi connectivity index (χ0) is 27.0. The number of fused-ring (bicyclic) bond motifs is 1. The number of nitrogens with zero attached hydrogens (tertiary/aromatic N) is 1. The molecule has 2 amide bonds. The summed E-state index contributed by atoms with van der Waals surface area (Å²) in [6.07, 6.45) is 0. The van der Waals surface area contributed by atoms with E-state index in [0.717, 1.165) is 14.2 Å². The van der Waals surface area contributed by atoms with E-state index in [9.17, 15) is 9.59 Å². The number of methoxy groups -OCH3 is 1. The van der Waals surface area contributed by atoms with Crippen molar-refractivity contribution in [2.75, 3.05) is 23.5 Å². The first-order valence-corrected chi connectivity index (χ1v) is 14.0. The highest BCUT2D eigenvalue weighted by molar-refractivity contribution is 9.10. The van der Waals surface area contributed by atoms with E-state index >= 15 is 0 Å². The highest BCUT2D eigenvalue weighted by Gasteiger charge is 2.27. The lowest BCUT2D eigenvalue weighted by molar-refractivity contribution is 0.102. The van der Waals surface area contributed by atoms with Crippen molar-refractivity contribution in [2.45, 2.75) is 13.8 Å². The van der Waals surface area contributed by atoms with Crippen LogP contribution in [0.5, 0.6) is 5.75 Å². The molecule has 5 aromatic rings. The molecule has 0 aliphatic carbocycles. The smallest absolute Gasteiger partial charge is 0.267 e. The number of anilines is 3. The van der Waals surface area contributed by atoms with Crippen LogP contribution in [0.3, 0.4) is 0 Å². The molecule has 0 bridgehead atoms. The highest BCUT2D eigenvalue weighted by Crippen LogP contribution is 2.44. The van der Waals surface area contributed by atoms with E-state index in [1.807, 2.05) is 43.3 Å². The number of benzene rings is 2. The number of amides is 2. The maximum Gasteiger partial charge on any atom is 0.267 e. The number of pyridine rings is 1. The van der Waals surface area contributed by atoms with Gasteiger partial charge in [0.25, 0.3) is 11.8 Å². The van der Waals surface area contributed by atoms with Gasteiger partial charge in [-0.3, -0.25) is 9.59 Å². The quantitative estimate of drug-likeness (QED) is 0.185. The lowest BCUT2D eigenvalue weighted by Crippen LogP contribution is -2.16. The van der Waals surface area contributed by atoms with Gasteiger partial charge in [-0.05, 0) is 62.4 Å². The number of aryl methyl sites for hydroxylation is 2. The van der Waals surface area contributed by atoms with Gasteiger partial charge in [-0.1, -0.05) is 28.1 Å². The number of nitrogens with one attached hydrogen (secondary N) is 2. The number of thiophene rings is 2. The molecule has 38 heavy (non-hydrogen) atoms. The largest absolute Gasteiger partial charge is 0.495 e. The van der Waals surface area contributed by atoms with E-state index in [0.29, 0.717) is 54.7 Å². The number of nitrogen functional groups attached to an aromatic ring is 1. The van der Waals surface area contributed by atoms with Crippen LogP contribution < -0.4 is 21.1 Å². The van der Waals surface area contributed by atoms with Crippen LogP contribution in [0.25, 0.3) is 20.7 Å². The maximum atomic E-state index is 13.7. The van der Waals surface area contributed by atoms with Gasteiger partial charge in [-0.15, -0.1) is 22.7 Å². The fourth-order valence-corrected chi connectivity index (χ4v) is 6.42. The van der Waals surface area contributed by atoms with Crippen molar-refractivity contribution in [3.8, 4) is 16.2 Å². The van der Waals surface area contributed by atoms with Crippen molar-refractivity contribution in [1.29, 1.82) is 0 Å². The summed E-state index contributed by atoms with van der Waals surface area (Å²) in [4.78, 5) is 34.6. The molecule has 0 fully saturated rings. The van der Waals surface area contributed by atoms with Crippen molar-refractivity contribution >= 4 is 77.7 Å². The number of aromatic nitrogens is 1.